The van der Waals surface area contributed by atoms with Gasteiger partial charge in [0.1, 0.15) is 5.69 Å². The van der Waals surface area contributed by atoms with Gasteiger partial charge in [0.15, 0.2) is 0 Å². The number of rotatable bonds is 5. The molecule has 1 aromatic carbocycles. The highest BCUT2D eigenvalue weighted by Gasteiger charge is 2.10. The van der Waals surface area contributed by atoms with E-state index in [0.29, 0.717) is 13.2 Å². The zero-order chi connectivity index (χ0) is 11.3. The van der Waals surface area contributed by atoms with Crippen molar-refractivity contribution in [2.45, 2.75) is 20.0 Å². The van der Waals surface area contributed by atoms with Gasteiger partial charge in [0.25, 0.3) is 5.69 Å². The lowest BCUT2D eigenvalue weighted by Gasteiger charge is -2.04. The second-order valence-corrected chi connectivity index (χ2v) is 3.20. The Morgan fingerprint density at radius 2 is 2.27 bits per heavy atom. The smallest absolute Gasteiger partial charge is 0.292 e. The van der Waals surface area contributed by atoms with Crippen molar-refractivity contribution in [1.29, 1.82) is 0 Å². The van der Waals surface area contributed by atoms with Gasteiger partial charge in [-0.25, -0.2) is 0 Å². The van der Waals surface area contributed by atoms with Gasteiger partial charge < -0.3 is 10.5 Å². The van der Waals surface area contributed by atoms with Gasteiger partial charge in [-0.05, 0) is 24.1 Å². The van der Waals surface area contributed by atoms with Gasteiger partial charge in [0, 0.05) is 12.7 Å². The average molecular weight is 210 g/mol. The summed E-state index contributed by atoms with van der Waals surface area (Å²) in [6.07, 6.45) is 0.947. The van der Waals surface area contributed by atoms with Crippen LogP contribution >= 0.6 is 0 Å². The molecule has 15 heavy (non-hydrogen) atoms. The van der Waals surface area contributed by atoms with Crippen molar-refractivity contribution in [3.05, 3.63) is 33.9 Å². The summed E-state index contributed by atoms with van der Waals surface area (Å²) in [5.41, 5.74) is 6.50. The standard InChI is InChI=1S/C10H14N2O3/c1-2-5-15-7-8-3-4-10(12(13)14)9(11)6-8/h3-4,6H,2,5,7,11H2,1H3. The van der Waals surface area contributed by atoms with Crippen LogP contribution in [0.15, 0.2) is 18.2 Å². The predicted octanol–water partition coefficient (Wildman–Crippen LogP) is 2.10. The normalized spacial score (nSPS) is 10.2. The van der Waals surface area contributed by atoms with E-state index in [-0.39, 0.29) is 11.4 Å². The van der Waals surface area contributed by atoms with E-state index in [9.17, 15) is 10.1 Å². The molecule has 0 aliphatic heterocycles. The largest absolute Gasteiger partial charge is 0.393 e. The molecule has 0 aromatic heterocycles. The molecule has 1 aromatic rings. The molecule has 0 saturated heterocycles. The number of ether oxygens (including phenoxy) is 1. The first kappa shape index (κ1) is 11.5. The molecule has 0 bridgehead atoms. The third-order valence-electron chi connectivity index (χ3n) is 1.91. The number of nitrogen functional groups attached to an aromatic ring is 1. The van der Waals surface area contributed by atoms with Crippen molar-refractivity contribution in [2.24, 2.45) is 0 Å². The lowest BCUT2D eigenvalue weighted by atomic mass is 10.2. The van der Waals surface area contributed by atoms with Crippen molar-refractivity contribution >= 4 is 11.4 Å². The maximum atomic E-state index is 10.5. The molecule has 0 amide bonds. The molecule has 0 fully saturated rings. The molecule has 0 saturated carbocycles. The van der Waals surface area contributed by atoms with Crippen LogP contribution in [-0.4, -0.2) is 11.5 Å². The highest BCUT2D eigenvalue weighted by molar-refractivity contribution is 5.59. The molecule has 0 spiro atoms. The molecule has 0 heterocycles. The van der Waals surface area contributed by atoms with E-state index in [4.69, 9.17) is 10.5 Å². The number of nitro benzene ring substituents is 1. The first-order valence-corrected chi connectivity index (χ1v) is 4.75. The van der Waals surface area contributed by atoms with Gasteiger partial charge in [0.2, 0.25) is 0 Å². The molecule has 2 N–H and O–H groups in total. The summed E-state index contributed by atoms with van der Waals surface area (Å²) in [5.74, 6) is 0. The predicted molar refractivity (Wildman–Crippen MR) is 57.5 cm³/mol. The zero-order valence-electron chi connectivity index (χ0n) is 8.60. The fourth-order valence-corrected chi connectivity index (χ4v) is 1.19. The molecule has 1 rings (SSSR count). The zero-order valence-corrected chi connectivity index (χ0v) is 8.60. The summed E-state index contributed by atoms with van der Waals surface area (Å²) in [6, 6.07) is 4.64. The maximum absolute atomic E-state index is 10.5. The van der Waals surface area contributed by atoms with Crippen LogP contribution < -0.4 is 5.73 Å². The van der Waals surface area contributed by atoms with E-state index in [1.165, 1.54) is 6.07 Å². The van der Waals surface area contributed by atoms with Crippen LogP contribution in [0.3, 0.4) is 0 Å². The molecular formula is C10H14N2O3. The minimum absolute atomic E-state index is 0.0609. The van der Waals surface area contributed by atoms with Crippen molar-refractivity contribution in [3.63, 3.8) is 0 Å². The summed E-state index contributed by atoms with van der Waals surface area (Å²) in [7, 11) is 0. The highest BCUT2D eigenvalue weighted by Crippen LogP contribution is 2.22. The fourth-order valence-electron chi connectivity index (χ4n) is 1.19. The number of nitro groups is 1. The minimum atomic E-state index is -0.494. The summed E-state index contributed by atoms with van der Waals surface area (Å²) >= 11 is 0. The van der Waals surface area contributed by atoms with Gasteiger partial charge in [-0.2, -0.15) is 0 Å². The van der Waals surface area contributed by atoms with E-state index in [2.05, 4.69) is 0 Å². The average Bonchev–Trinajstić information content (AvgIpc) is 2.17. The van der Waals surface area contributed by atoms with Gasteiger partial charge in [0.05, 0.1) is 11.5 Å². The Hall–Kier alpha value is -1.62. The van der Waals surface area contributed by atoms with E-state index < -0.39 is 4.92 Å². The second-order valence-electron chi connectivity index (χ2n) is 3.20. The number of hydrogen-bond donors (Lipinski definition) is 1. The number of nitrogens with two attached hydrogens (primary N) is 1. The lowest BCUT2D eigenvalue weighted by molar-refractivity contribution is -0.383. The van der Waals surface area contributed by atoms with Crippen molar-refractivity contribution in [1.82, 2.24) is 0 Å². The van der Waals surface area contributed by atoms with E-state index >= 15 is 0 Å². The topological polar surface area (TPSA) is 78.4 Å². The monoisotopic (exact) mass is 210 g/mol. The fraction of sp³-hybridized carbons (Fsp3) is 0.400. The summed E-state index contributed by atoms with van der Waals surface area (Å²) < 4.78 is 5.30. The van der Waals surface area contributed by atoms with Crippen LogP contribution in [-0.2, 0) is 11.3 Å². The maximum Gasteiger partial charge on any atom is 0.292 e. The van der Waals surface area contributed by atoms with E-state index in [1.807, 2.05) is 6.92 Å². The third-order valence-corrected chi connectivity index (χ3v) is 1.91. The van der Waals surface area contributed by atoms with Crippen LogP contribution in [0.4, 0.5) is 11.4 Å². The minimum Gasteiger partial charge on any atom is -0.393 e. The number of benzene rings is 1. The Morgan fingerprint density at radius 1 is 1.53 bits per heavy atom. The Kier molecular flexibility index (Phi) is 4.05. The summed E-state index contributed by atoms with van der Waals surface area (Å²) in [5, 5.41) is 10.5. The van der Waals surface area contributed by atoms with Crippen molar-refractivity contribution in [3.8, 4) is 0 Å². The molecule has 0 aliphatic carbocycles. The Labute approximate surface area is 88.0 Å². The lowest BCUT2D eigenvalue weighted by Crippen LogP contribution is -1.99. The van der Waals surface area contributed by atoms with Crippen LogP contribution in [0, 0.1) is 10.1 Å². The number of anilines is 1. The van der Waals surface area contributed by atoms with Gasteiger partial charge >= 0.3 is 0 Å². The van der Waals surface area contributed by atoms with Gasteiger partial charge in [-0.1, -0.05) is 6.92 Å². The highest BCUT2D eigenvalue weighted by atomic mass is 16.6. The Bertz CT molecular complexity index is 353. The van der Waals surface area contributed by atoms with E-state index in [0.717, 1.165) is 12.0 Å². The number of nitrogens with zero attached hydrogens (tertiary/aromatic N) is 1. The molecular weight excluding hydrogens is 196 g/mol. The van der Waals surface area contributed by atoms with E-state index in [1.54, 1.807) is 12.1 Å². The molecule has 0 radical (unpaired) electrons. The number of hydrogen-bond acceptors (Lipinski definition) is 4. The van der Waals surface area contributed by atoms with Crippen molar-refractivity contribution < 1.29 is 9.66 Å². The third kappa shape index (κ3) is 3.21. The first-order chi connectivity index (χ1) is 7.15. The first-order valence-electron chi connectivity index (χ1n) is 4.75. The summed E-state index contributed by atoms with van der Waals surface area (Å²) in [4.78, 5) is 9.99. The van der Waals surface area contributed by atoms with Crippen LogP contribution in [0.25, 0.3) is 0 Å². The molecule has 82 valence electrons. The molecule has 0 unspecified atom stereocenters. The quantitative estimate of drug-likeness (QED) is 0.349. The molecule has 5 heteroatoms. The molecule has 0 aliphatic rings. The molecule has 0 atom stereocenters. The second kappa shape index (κ2) is 5.31. The molecule has 5 nitrogen and oxygen atoms in total. The van der Waals surface area contributed by atoms with Crippen LogP contribution in [0.5, 0.6) is 0 Å². The Balaban J connectivity index is 2.69. The van der Waals surface area contributed by atoms with Crippen LogP contribution in [0.2, 0.25) is 0 Å². The SMILES string of the molecule is CCCOCc1ccc([N+](=O)[O-])c(N)c1. The van der Waals surface area contributed by atoms with Gasteiger partial charge in [-0.15, -0.1) is 0 Å². The van der Waals surface area contributed by atoms with Gasteiger partial charge in [-0.3, -0.25) is 10.1 Å². The van der Waals surface area contributed by atoms with Crippen LogP contribution in [0.1, 0.15) is 18.9 Å². The Morgan fingerprint density at radius 3 is 2.80 bits per heavy atom. The summed E-state index contributed by atoms with van der Waals surface area (Å²) in [6.45, 7) is 3.14. The van der Waals surface area contributed by atoms with Crippen molar-refractivity contribution in [2.75, 3.05) is 12.3 Å².